The van der Waals surface area contributed by atoms with Gasteiger partial charge in [-0.3, -0.25) is 0 Å². The lowest BCUT2D eigenvalue weighted by Crippen LogP contribution is -2.28. The molecule has 1 heterocycles. The van der Waals surface area contributed by atoms with E-state index in [0.29, 0.717) is 5.58 Å². The number of nitrogens with two attached hydrogens (primary N) is 1. The van der Waals surface area contributed by atoms with Gasteiger partial charge in [-0.15, -0.1) is 0 Å². The highest BCUT2D eigenvalue weighted by atomic mass is 32.1. The molecule has 0 aliphatic rings. The Balaban J connectivity index is 2.67. The van der Waals surface area contributed by atoms with Gasteiger partial charge in [0.25, 0.3) is 0 Å². The van der Waals surface area contributed by atoms with Crippen LogP contribution in [0.15, 0.2) is 27.4 Å². The molecule has 0 atom stereocenters. The van der Waals surface area contributed by atoms with Gasteiger partial charge in [-0.2, -0.15) is 0 Å². The summed E-state index contributed by atoms with van der Waals surface area (Å²) >= 11 is 1.10. The van der Waals surface area contributed by atoms with Crippen molar-refractivity contribution in [3.8, 4) is 0 Å². The van der Waals surface area contributed by atoms with Crippen LogP contribution in [0.1, 0.15) is 19.4 Å². The Morgan fingerprint density at radius 3 is 2.79 bits per heavy atom. The lowest BCUT2D eigenvalue weighted by molar-refractivity contribution is 0.554. The third kappa shape index (κ3) is 1.58. The molecule has 0 radical (unpaired) electrons. The topological polar surface area (TPSA) is 56.2 Å². The molecule has 0 saturated heterocycles. The monoisotopic (exact) mass is 209 g/mol. The van der Waals surface area contributed by atoms with Gasteiger partial charge in [-0.05, 0) is 31.5 Å². The number of hydrogen-bond donors (Lipinski definition) is 1. The molecule has 0 aliphatic heterocycles. The minimum Gasteiger partial charge on any atom is -0.414 e. The highest BCUT2D eigenvalue weighted by molar-refractivity contribution is 7.16. The standard InChI is InChI=1S/C10H11NO2S/c1-10(2,11)6-3-4-7-8(5-6)14-9(12)13-7/h3-5H,11H2,1-2H3. The highest BCUT2D eigenvalue weighted by Gasteiger charge is 2.15. The minimum atomic E-state index is -0.388. The van der Waals surface area contributed by atoms with Crippen LogP contribution >= 0.6 is 11.3 Å². The van der Waals surface area contributed by atoms with E-state index in [0.717, 1.165) is 21.6 Å². The third-order valence-electron chi connectivity index (χ3n) is 2.07. The fourth-order valence-electron chi connectivity index (χ4n) is 1.27. The van der Waals surface area contributed by atoms with Gasteiger partial charge in [0.2, 0.25) is 0 Å². The van der Waals surface area contributed by atoms with Crippen LogP contribution < -0.4 is 10.7 Å². The lowest BCUT2D eigenvalue weighted by Gasteiger charge is -2.18. The average Bonchev–Trinajstić information content (AvgIpc) is 2.41. The molecule has 2 N–H and O–H groups in total. The van der Waals surface area contributed by atoms with Gasteiger partial charge in [0.15, 0.2) is 0 Å². The van der Waals surface area contributed by atoms with E-state index < -0.39 is 0 Å². The van der Waals surface area contributed by atoms with E-state index in [2.05, 4.69) is 0 Å². The predicted octanol–water partition coefficient (Wildman–Crippen LogP) is 2.05. The Kier molecular flexibility index (Phi) is 1.97. The molecule has 1 aromatic heterocycles. The maximum atomic E-state index is 11.0. The van der Waals surface area contributed by atoms with E-state index in [1.54, 1.807) is 6.07 Å². The van der Waals surface area contributed by atoms with Crippen molar-refractivity contribution < 1.29 is 4.42 Å². The maximum absolute atomic E-state index is 11.0. The summed E-state index contributed by atoms with van der Waals surface area (Å²) in [5, 5.41) is 0. The van der Waals surface area contributed by atoms with Gasteiger partial charge in [-0.1, -0.05) is 17.4 Å². The molecule has 3 nitrogen and oxygen atoms in total. The van der Waals surface area contributed by atoms with Crippen molar-refractivity contribution in [2.24, 2.45) is 5.73 Å². The highest BCUT2D eigenvalue weighted by Crippen LogP contribution is 2.24. The van der Waals surface area contributed by atoms with Crippen LogP contribution in [0.3, 0.4) is 0 Å². The third-order valence-corrected chi connectivity index (χ3v) is 2.86. The van der Waals surface area contributed by atoms with E-state index >= 15 is 0 Å². The zero-order valence-corrected chi connectivity index (χ0v) is 8.85. The molecular weight excluding hydrogens is 198 g/mol. The van der Waals surface area contributed by atoms with Crippen LogP contribution in [-0.2, 0) is 5.54 Å². The van der Waals surface area contributed by atoms with E-state index in [1.807, 2.05) is 26.0 Å². The summed E-state index contributed by atoms with van der Waals surface area (Å²) in [4.78, 5) is 10.7. The number of fused-ring (bicyclic) bond motifs is 1. The SMILES string of the molecule is CC(C)(N)c1ccc2oc(=O)sc2c1. The van der Waals surface area contributed by atoms with Crippen LogP contribution in [0.4, 0.5) is 0 Å². The molecule has 0 saturated carbocycles. The van der Waals surface area contributed by atoms with Crippen molar-refractivity contribution in [3.05, 3.63) is 33.5 Å². The Morgan fingerprint density at radius 2 is 2.14 bits per heavy atom. The van der Waals surface area contributed by atoms with Gasteiger partial charge in [-0.25, -0.2) is 4.79 Å². The van der Waals surface area contributed by atoms with Crippen molar-refractivity contribution in [2.75, 3.05) is 0 Å². The lowest BCUT2D eigenvalue weighted by atomic mass is 9.96. The molecule has 74 valence electrons. The van der Waals surface area contributed by atoms with Crippen LogP contribution in [-0.4, -0.2) is 0 Å². The fraction of sp³-hybridized carbons (Fsp3) is 0.300. The quantitative estimate of drug-likeness (QED) is 0.782. The molecular formula is C10H11NO2S. The molecule has 0 fully saturated rings. The van der Waals surface area contributed by atoms with Crippen molar-refractivity contribution in [1.82, 2.24) is 0 Å². The van der Waals surface area contributed by atoms with Crippen molar-refractivity contribution in [3.63, 3.8) is 0 Å². The first-order valence-electron chi connectivity index (χ1n) is 4.30. The second-order valence-electron chi connectivity index (χ2n) is 3.84. The van der Waals surface area contributed by atoms with Gasteiger partial charge < -0.3 is 10.2 Å². The minimum absolute atomic E-state index is 0.271. The summed E-state index contributed by atoms with van der Waals surface area (Å²) < 4.78 is 5.81. The summed E-state index contributed by atoms with van der Waals surface area (Å²) in [6.07, 6.45) is 0. The summed E-state index contributed by atoms with van der Waals surface area (Å²) in [5.74, 6) is 0. The van der Waals surface area contributed by atoms with Gasteiger partial charge in [0, 0.05) is 5.54 Å². The second kappa shape index (κ2) is 2.93. The zero-order valence-electron chi connectivity index (χ0n) is 8.03. The summed E-state index contributed by atoms with van der Waals surface area (Å²) in [6.45, 7) is 3.86. The van der Waals surface area contributed by atoms with Gasteiger partial charge in [0.05, 0.1) is 4.70 Å². The molecule has 0 spiro atoms. The molecule has 1 aromatic carbocycles. The normalized spacial score (nSPS) is 12.2. The smallest absolute Gasteiger partial charge is 0.396 e. The van der Waals surface area contributed by atoms with Crippen LogP contribution in [0, 0.1) is 0 Å². The molecule has 2 rings (SSSR count). The second-order valence-corrected chi connectivity index (χ2v) is 4.81. The number of benzene rings is 1. The first-order valence-corrected chi connectivity index (χ1v) is 5.11. The predicted molar refractivity (Wildman–Crippen MR) is 57.6 cm³/mol. The molecule has 0 bridgehead atoms. The molecule has 14 heavy (non-hydrogen) atoms. The van der Waals surface area contributed by atoms with E-state index in [1.165, 1.54) is 0 Å². The maximum Gasteiger partial charge on any atom is 0.396 e. The van der Waals surface area contributed by atoms with E-state index in [-0.39, 0.29) is 10.5 Å². The first-order chi connectivity index (χ1) is 6.47. The fourth-order valence-corrected chi connectivity index (χ4v) is 1.98. The Morgan fingerprint density at radius 1 is 1.43 bits per heavy atom. The molecule has 0 unspecified atom stereocenters. The molecule has 0 amide bonds. The zero-order chi connectivity index (χ0) is 10.3. The molecule has 2 aromatic rings. The van der Waals surface area contributed by atoms with Crippen LogP contribution in [0.25, 0.3) is 10.3 Å². The van der Waals surface area contributed by atoms with Crippen molar-refractivity contribution in [2.45, 2.75) is 19.4 Å². The summed E-state index contributed by atoms with van der Waals surface area (Å²) in [7, 11) is 0. The Bertz CT molecular complexity index is 519. The van der Waals surface area contributed by atoms with Gasteiger partial charge in [0.1, 0.15) is 5.58 Å². The van der Waals surface area contributed by atoms with E-state index in [4.69, 9.17) is 10.2 Å². The van der Waals surface area contributed by atoms with Crippen molar-refractivity contribution >= 4 is 21.6 Å². The van der Waals surface area contributed by atoms with Gasteiger partial charge >= 0.3 is 4.94 Å². The largest absolute Gasteiger partial charge is 0.414 e. The number of hydrogen-bond acceptors (Lipinski definition) is 4. The first kappa shape index (κ1) is 9.43. The average molecular weight is 209 g/mol. The number of rotatable bonds is 1. The summed E-state index contributed by atoms with van der Waals surface area (Å²) in [5.41, 5.74) is 7.20. The molecule has 4 heteroatoms. The Hall–Kier alpha value is -1.13. The van der Waals surface area contributed by atoms with Crippen LogP contribution in [0.5, 0.6) is 0 Å². The summed E-state index contributed by atoms with van der Waals surface area (Å²) in [6, 6.07) is 5.58. The Labute approximate surface area is 85.2 Å². The molecule has 0 aliphatic carbocycles. The van der Waals surface area contributed by atoms with Crippen molar-refractivity contribution in [1.29, 1.82) is 0 Å². The van der Waals surface area contributed by atoms with E-state index in [9.17, 15) is 4.79 Å². The van der Waals surface area contributed by atoms with Crippen LogP contribution in [0.2, 0.25) is 0 Å².